The van der Waals surface area contributed by atoms with Crippen molar-refractivity contribution < 1.29 is 18.8 Å². The fourth-order valence-corrected chi connectivity index (χ4v) is 2.01. The number of amides is 2. The van der Waals surface area contributed by atoms with E-state index in [1.807, 2.05) is 27.7 Å². The van der Waals surface area contributed by atoms with Crippen LogP contribution in [0.1, 0.15) is 39.9 Å². The number of carbonyl (C=O) groups is 2. The summed E-state index contributed by atoms with van der Waals surface area (Å²) >= 11 is 0. The lowest BCUT2D eigenvalue weighted by Gasteiger charge is -2.29. The second kappa shape index (κ2) is 8.67. The van der Waals surface area contributed by atoms with Crippen LogP contribution in [0.25, 0.3) is 0 Å². The van der Waals surface area contributed by atoms with Crippen LogP contribution in [0.2, 0.25) is 0 Å². The van der Waals surface area contributed by atoms with Crippen molar-refractivity contribution in [2.75, 3.05) is 31.6 Å². The zero-order chi connectivity index (χ0) is 17.5. The van der Waals surface area contributed by atoms with Crippen molar-refractivity contribution in [2.45, 2.75) is 41.0 Å². The lowest BCUT2D eigenvalue weighted by Crippen LogP contribution is -2.44. The van der Waals surface area contributed by atoms with Crippen molar-refractivity contribution in [1.29, 1.82) is 0 Å². The molecule has 7 heteroatoms. The predicted octanol–water partition coefficient (Wildman–Crippen LogP) is 2.22. The summed E-state index contributed by atoms with van der Waals surface area (Å²) in [6.07, 6.45) is 0.687. The fourth-order valence-electron chi connectivity index (χ4n) is 2.01. The van der Waals surface area contributed by atoms with Crippen LogP contribution in [-0.2, 0) is 14.3 Å². The summed E-state index contributed by atoms with van der Waals surface area (Å²) in [4.78, 5) is 26.2. The lowest BCUT2D eigenvalue weighted by atomic mass is 9.94. The van der Waals surface area contributed by atoms with Gasteiger partial charge in [-0.15, -0.1) is 0 Å². The van der Waals surface area contributed by atoms with Gasteiger partial charge in [0.2, 0.25) is 11.8 Å². The summed E-state index contributed by atoms with van der Waals surface area (Å²) in [7, 11) is 0. The van der Waals surface area contributed by atoms with Crippen LogP contribution in [0.3, 0.4) is 0 Å². The molecule has 130 valence electrons. The Morgan fingerprint density at radius 3 is 2.61 bits per heavy atom. The first-order valence-electron chi connectivity index (χ1n) is 7.84. The summed E-state index contributed by atoms with van der Waals surface area (Å²) in [5, 5.41) is 6.34. The van der Waals surface area contributed by atoms with Crippen LogP contribution >= 0.6 is 0 Å². The molecule has 0 aromatic carbocycles. The highest BCUT2D eigenvalue weighted by Crippen LogP contribution is 2.18. The Bertz CT molecular complexity index is 520. The van der Waals surface area contributed by atoms with Crippen molar-refractivity contribution in [1.82, 2.24) is 10.1 Å². The molecule has 0 unspecified atom stereocenters. The molecule has 0 aliphatic heterocycles. The first kappa shape index (κ1) is 19.2. The topological polar surface area (TPSA) is 84.7 Å². The minimum atomic E-state index is -0.545. The molecule has 1 heterocycles. The van der Waals surface area contributed by atoms with Crippen molar-refractivity contribution in [3.05, 3.63) is 11.8 Å². The number of hydrogen-bond acceptors (Lipinski definition) is 5. The summed E-state index contributed by atoms with van der Waals surface area (Å²) in [5.41, 5.74) is -0.545. The number of aromatic nitrogens is 1. The lowest BCUT2D eigenvalue weighted by molar-refractivity contribution is -0.142. The average Bonchev–Trinajstić information content (AvgIpc) is 2.85. The second-order valence-electron chi connectivity index (χ2n) is 6.40. The van der Waals surface area contributed by atoms with E-state index in [0.717, 1.165) is 0 Å². The number of rotatable bonds is 8. The highest BCUT2D eigenvalue weighted by Gasteiger charge is 2.28. The van der Waals surface area contributed by atoms with E-state index in [2.05, 4.69) is 10.5 Å². The molecule has 1 N–H and O–H groups in total. The average molecular weight is 325 g/mol. The molecular weight excluding hydrogens is 298 g/mol. The standard InChI is InChI=1S/C16H27N3O4/c1-6-22-9-7-8-19(15(21)16(3,4)5)11-14(20)17-13-10-12(2)23-18-13/h10H,6-9,11H2,1-5H3,(H,17,18,20). The largest absolute Gasteiger partial charge is 0.382 e. The molecule has 0 saturated heterocycles. The Labute approximate surface area is 137 Å². The van der Waals surface area contributed by atoms with Gasteiger partial charge in [-0.05, 0) is 20.3 Å². The zero-order valence-electron chi connectivity index (χ0n) is 14.6. The SMILES string of the molecule is CCOCCCN(CC(=O)Nc1cc(C)on1)C(=O)C(C)(C)C. The van der Waals surface area contributed by atoms with Crippen LogP contribution in [0.15, 0.2) is 10.6 Å². The summed E-state index contributed by atoms with van der Waals surface area (Å²) in [6.45, 7) is 10.8. The van der Waals surface area contributed by atoms with E-state index in [9.17, 15) is 9.59 Å². The molecule has 0 aliphatic carbocycles. The maximum absolute atomic E-state index is 12.5. The van der Waals surface area contributed by atoms with E-state index < -0.39 is 5.41 Å². The minimum Gasteiger partial charge on any atom is -0.382 e. The van der Waals surface area contributed by atoms with Gasteiger partial charge in [0.05, 0.1) is 6.54 Å². The molecule has 2 amide bonds. The van der Waals surface area contributed by atoms with E-state index >= 15 is 0 Å². The third kappa shape index (κ3) is 6.81. The number of nitrogens with one attached hydrogen (secondary N) is 1. The molecule has 7 nitrogen and oxygen atoms in total. The van der Waals surface area contributed by atoms with Gasteiger partial charge >= 0.3 is 0 Å². The normalized spacial score (nSPS) is 11.3. The third-order valence-corrected chi connectivity index (χ3v) is 3.08. The summed E-state index contributed by atoms with van der Waals surface area (Å²) in [6, 6.07) is 1.63. The summed E-state index contributed by atoms with van der Waals surface area (Å²) < 4.78 is 10.2. The Hall–Kier alpha value is -1.89. The first-order chi connectivity index (χ1) is 10.7. The number of carbonyl (C=O) groups excluding carboxylic acids is 2. The second-order valence-corrected chi connectivity index (χ2v) is 6.40. The molecule has 0 radical (unpaired) electrons. The van der Waals surface area contributed by atoms with Crippen molar-refractivity contribution >= 4 is 17.6 Å². The molecule has 0 aliphatic rings. The van der Waals surface area contributed by atoms with E-state index in [1.165, 1.54) is 0 Å². The van der Waals surface area contributed by atoms with Crippen molar-refractivity contribution in [3.8, 4) is 0 Å². The van der Waals surface area contributed by atoms with Gasteiger partial charge in [-0.1, -0.05) is 25.9 Å². The highest BCUT2D eigenvalue weighted by atomic mass is 16.5. The molecule has 23 heavy (non-hydrogen) atoms. The van der Waals surface area contributed by atoms with Gasteiger partial charge in [0, 0.05) is 31.2 Å². The third-order valence-electron chi connectivity index (χ3n) is 3.08. The zero-order valence-corrected chi connectivity index (χ0v) is 14.6. The molecule has 0 fully saturated rings. The van der Waals surface area contributed by atoms with Gasteiger partial charge in [0.25, 0.3) is 0 Å². The van der Waals surface area contributed by atoms with Gasteiger partial charge < -0.3 is 19.5 Å². The van der Waals surface area contributed by atoms with Gasteiger partial charge in [-0.3, -0.25) is 9.59 Å². The predicted molar refractivity (Wildman–Crippen MR) is 87.0 cm³/mol. The molecule has 0 saturated carbocycles. The molecule has 1 aromatic heterocycles. The van der Waals surface area contributed by atoms with Crippen molar-refractivity contribution in [2.24, 2.45) is 5.41 Å². The highest BCUT2D eigenvalue weighted by molar-refractivity contribution is 5.94. The molecule has 0 bridgehead atoms. The number of hydrogen-bond donors (Lipinski definition) is 1. The van der Waals surface area contributed by atoms with Crippen LogP contribution in [0.5, 0.6) is 0 Å². The molecule has 1 aromatic rings. The maximum Gasteiger partial charge on any atom is 0.245 e. The van der Waals surface area contributed by atoms with E-state index in [0.29, 0.717) is 37.8 Å². The minimum absolute atomic E-state index is 0.0197. The number of aryl methyl sites for hydroxylation is 1. The first-order valence-corrected chi connectivity index (χ1v) is 7.84. The van der Waals surface area contributed by atoms with E-state index in [4.69, 9.17) is 9.26 Å². The molecule has 0 spiro atoms. The Balaban J connectivity index is 2.63. The van der Waals surface area contributed by atoms with Gasteiger partial charge in [-0.2, -0.15) is 0 Å². The fraction of sp³-hybridized carbons (Fsp3) is 0.688. The number of anilines is 1. The summed E-state index contributed by atoms with van der Waals surface area (Å²) in [5.74, 6) is 0.595. The smallest absolute Gasteiger partial charge is 0.245 e. The number of ether oxygens (including phenoxy) is 1. The maximum atomic E-state index is 12.5. The quantitative estimate of drug-likeness (QED) is 0.741. The van der Waals surface area contributed by atoms with Gasteiger partial charge in [-0.25, -0.2) is 0 Å². The van der Waals surface area contributed by atoms with Crippen LogP contribution in [-0.4, -0.2) is 48.2 Å². The van der Waals surface area contributed by atoms with E-state index in [-0.39, 0.29) is 18.4 Å². The molecular formula is C16H27N3O4. The van der Waals surface area contributed by atoms with Crippen molar-refractivity contribution in [3.63, 3.8) is 0 Å². The van der Waals surface area contributed by atoms with Crippen LogP contribution in [0.4, 0.5) is 5.82 Å². The Kier molecular flexibility index (Phi) is 7.22. The Morgan fingerprint density at radius 2 is 2.09 bits per heavy atom. The van der Waals surface area contributed by atoms with Crippen LogP contribution < -0.4 is 5.32 Å². The van der Waals surface area contributed by atoms with Gasteiger partial charge in [0.15, 0.2) is 5.82 Å². The van der Waals surface area contributed by atoms with E-state index in [1.54, 1.807) is 17.9 Å². The molecule has 0 atom stereocenters. The number of nitrogens with zero attached hydrogens (tertiary/aromatic N) is 2. The monoisotopic (exact) mass is 325 g/mol. The Morgan fingerprint density at radius 1 is 1.39 bits per heavy atom. The van der Waals surface area contributed by atoms with Crippen LogP contribution in [0, 0.1) is 12.3 Å². The molecule has 1 rings (SSSR count). The van der Waals surface area contributed by atoms with Gasteiger partial charge in [0.1, 0.15) is 5.76 Å².